The molecule has 1 aliphatic rings. The molecule has 0 bridgehead atoms. The Morgan fingerprint density at radius 1 is 1.24 bits per heavy atom. The van der Waals surface area contributed by atoms with E-state index in [0.29, 0.717) is 12.0 Å². The lowest BCUT2D eigenvalue weighted by molar-refractivity contribution is 0.0732. The molecule has 0 heterocycles. The summed E-state index contributed by atoms with van der Waals surface area (Å²) in [5, 5.41) is 6.88. The summed E-state index contributed by atoms with van der Waals surface area (Å²) < 4.78 is 10.7. The molecule has 1 aromatic rings. The first-order valence-corrected chi connectivity index (χ1v) is 9.27. The van der Waals surface area contributed by atoms with Gasteiger partial charge in [0.05, 0.1) is 13.7 Å². The van der Waals surface area contributed by atoms with Crippen molar-refractivity contribution in [1.29, 1.82) is 0 Å². The Bertz CT molecular complexity index is 568. The van der Waals surface area contributed by atoms with Crippen molar-refractivity contribution in [2.24, 2.45) is 10.4 Å². The van der Waals surface area contributed by atoms with Crippen LogP contribution in [0.1, 0.15) is 43.7 Å². The molecule has 0 aliphatic heterocycles. The first kappa shape index (κ1) is 19.6. The van der Waals surface area contributed by atoms with E-state index in [0.717, 1.165) is 49.0 Å². The van der Waals surface area contributed by atoms with E-state index in [1.54, 1.807) is 14.2 Å². The fraction of sp³-hybridized carbons (Fsp3) is 0.650. The number of methoxy groups -OCH3 is 2. The molecule has 5 heteroatoms. The molecule has 0 unspecified atom stereocenters. The maximum atomic E-state index is 5.40. The molecule has 1 saturated carbocycles. The van der Waals surface area contributed by atoms with Gasteiger partial charge in [-0.05, 0) is 55.7 Å². The monoisotopic (exact) mass is 347 g/mol. The first-order valence-electron chi connectivity index (χ1n) is 9.27. The number of ether oxygens (including phenoxy) is 2. The second kappa shape index (κ2) is 9.66. The van der Waals surface area contributed by atoms with Gasteiger partial charge < -0.3 is 20.1 Å². The van der Waals surface area contributed by atoms with E-state index >= 15 is 0 Å². The second-order valence-corrected chi connectivity index (χ2v) is 6.95. The van der Waals surface area contributed by atoms with Gasteiger partial charge in [0.25, 0.3) is 0 Å². The molecule has 0 spiro atoms. The van der Waals surface area contributed by atoms with Crippen molar-refractivity contribution in [3.63, 3.8) is 0 Å². The van der Waals surface area contributed by atoms with Crippen LogP contribution in [0.25, 0.3) is 0 Å². The van der Waals surface area contributed by atoms with Crippen LogP contribution in [0.5, 0.6) is 5.75 Å². The minimum Gasteiger partial charge on any atom is -0.496 e. The van der Waals surface area contributed by atoms with E-state index in [1.165, 1.54) is 19.3 Å². The highest BCUT2D eigenvalue weighted by molar-refractivity contribution is 5.79. The minimum atomic E-state index is 0.374. The average Bonchev–Trinajstić information content (AvgIpc) is 2.59. The second-order valence-electron chi connectivity index (χ2n) is 6.95. The molecule has 140 valence electrons. The lowest BCUT2D eigenvalue weighted by Gasteiger charge is -2.42. The van der Waals surface area contributed by atoms with E-state index in [1.807, 2.05) is 0 Å². The van der Waals surface area contributed by atoms with Gasteiger partial charge in [-0.2, -0.15) is 0 Å². The van der Waals surface area contributed by atoms with E-state index in [-0.39, 0.29) is 0 Å². The summed E-state index contributed by atoms with van der Waals surface area (Å²) >= 11 is 0. The highest BCUT2D eigenvalue weighted by atomic mass is 16.5. The van der Waals surface area contributed by atoms with Gasteiger partial charge in [0.15, 0.2) is 5.96 Å². The van der Waals surface area contributed by atoms with Crippen LogP contribution in [0.2, 0.25) is 0 Å². The number of nitrogens with zero attached hydrogens (tertiary/aromatic N) is 1. The van der Waals surface area contributed by atoms with E-state index in [2.05, 4.69) is 42.7 Å². The molecule has 2 N–H and O–H groups in total. The van der Waals surface area contributed by atoms with Gasteiger partial charge in [-0.1, -0.05) is 18.6 Å². The molecule has 0 atom stereocenters. The fourth-order valence-corrected chi connectivity index (χ4v) is 3.26. The smallest absolute Gasteiger partial charge is 0.191 e. The number of hydrogen-bond acceptors (Lipinski definition) is 3. The third-order valence-corrected chi connectivity index (χ3v) is 5.12. The highest BCUT2D eigenvalue weighted by Crippen LogP contribution is 2.43. The van der Waals surface area contributed by atoms with Gasteiger partial charge in [-0.3, -0.25) is 0 Å². The van der Waals surface area contributed by atoms with Gasteiger partial charge in [-0.25, -0.2) is 4.99 Å². The number of aliphatic imine (C=N–C) groups is 1. The summed E-state index contributed by atoms with van der Waals surface area (Å²) in [6.45, 7) is 7.43. The first-order chi connectivity index (χ1) is 12.1. The Kier molecular flexibility index (Phi) is 7.56. The molecule has 1 aliphatic carbocycles. The number of guanidine groups is 1. The van der Waals surface area contributed by atoms with Gasteiger partial charge in [-0.15, -0.1) is 0 Å². The number of hydrogen-bond donors (Lipinski definition) is 2. The molecule has 5 nitrogen and oxygen atoms in total. The molecular weight excluding hydrogens is 314 g/mol. The Morgan fingerprint density at radius 3 is 2.64 bits per heavy atom. The van der Waals surface area contributed by atoms with Crippen LogP contribution < -0.4 is 15.4 Å². The lowest BCUT2D eigenvalue weighted by Crippen LogP contribution is -2.46. The molecule has 0 amide bonds. The van der Waals surface area contributed by atoms with E-state index in [4.69, 9.17) is 14.5 Å². The summed E-state index contributed by atoms with van der Waals surface area (Å²) in [6.07, 6.45) is 4.99. The van der Waals surface area contributed by atoms with Gasteiger partial charge in [0.2, 0.25) is 0 Å². The number of nitrogens with one attached hydrogen (secondary N) is 2. The van der Waals surface area contributed by atoms with Crippen LogP contribution in [0.3, 0.4) is 0 Å². The molecule has 1 fully saturated rings. The van der Waals surface area contributed by atoms with Crippen molar-refractivity contribution >= 4 is 5.96 Å². The summed E-state index contributed by atoms with van der Waals surface area (Å²) in [7, 11) is 3.49. The predicted molar refractivity (Wildman–Crippen MR) is 103 cm³/mol. The van der Waals surface area contributed by atoms with Crippen LogP contribution in [0.15, 0.2) is 23.2 Å². The van der Waals surface area contributed by atoms with Crippen molar-refractivity contribution in [3.05, 3.63) is 29.3 Å². The quantitative estimate of drug-likeness (QED) is 0.532. The normalized spacial score (nSPS) is 16.2. The minimum absolute atomic E-state index is 0.374. The highest BCUT2D eigenvalue weighted by Gasteiger charge is 2.36. The molecule has 25 heavy (non-hydrogen) atoms. The summed E-state index contributed by atoms with van der Waals surface area (Å²) in [5.74, 6) is 1.80. The Balaban J connectivity index is 1.96. The number of rotatable bonds is 9. The molecule has 0 radical (unpaired) electrons. The Morgan fingerprint density at radius 2 is 2.04 bits per heavy atom. The largest absolute Gasteiger partial charge is 0.496 e. The van der Waals surface area contributed by atoms with Gasteiger partial charge in [0, 0.05) is 26.8 Å². The number of benzene rings is 1. The molecule has 2 rings (SSSR count). The lowest BCUT2D eigenvalue weighted by atomic mass is 9.67. The zero-order valence-electron chi connectivity index (χ0n) is 16.2. The van der Waals surface area contributed by atoms with Gasteiger partial charge in [0.1, 0.15) is 5.75 Å². The molecule has 0 aromatic heterocycles. The predicted octanol–water partition coefficient (Wildman–Crippen LogP) is 3.27. The Labute approximate surface area is 152 Å². The van der Waals surface area contributed by atoms with Crippen LogP contribution in [0, 0.1) is 12.3 Å². The number of aryl methyl sites for hydroxylation is 1. The fourth-order valence-electron chi connectivity index (χ4n) is 3.26. The maximum Gasteiger partial charge on any atom is 0.191 e. The van der Waals surface area contributed by atoms with E-state index < -0.39 is 0 Å². The molecule has 0 saturated heterocycles. The molecule has 1 aromatic carbocycles. The van der Waals surface area contributed by atoms with Crippen molar-refractivity contribution in [2.45, 2.75) is 46.1 Å². The van der Waals surface area contributed by atoms with Crippen molar-refractivity contribution in [2.75, 3.05) is 33.9 Å². The van der Waals surface area contributed by atoms with Crippen LogP contribution >= 0.6 is 0 Å². The summed E-state index contributed by atoms with van der Waals surface area (Å²) in [5.41, 5.74) is 2.67. The van der Waals surface area contributed by atoms with Crippen molar-refractivity contribution in [3.8, 4) is 5.75 Å². The van der Waals surface area contributed by atoms with Crippen LogP contribution in [0.4, 0.5) is 0 Å². The third-order valence-electron chi connectivity index (χ3n) is 5.12. The average molecular weight is 348 g/mol. The maximum absolute atomic E-state index is 5.40. The van der Waals surface area contributed by atoms with Gasteiger partial charge >= 0.3 is 0 Å². The summed E-state index contributed by atoms with van der Waals surface area (Å²) in [4.78, 5) is 4.74. The standard InChI is InChI=1S/C20H33N3O2/c1-5-21-19(23-15-20(9-6-10-20)11-12-24-3)22-14-17-8-7-16(2)18(13-17)25-4/h7-8,13H,5-6,9-12,14-15H2,1-4H3,(H2,21,22,23). The van der Waals surface area contributed by atoms with Crippen molar-refractivity contribution < 1.29 is 9.47 Å². The van der Waals surface area contributed by atoms with E-state index in [9.17, 15) is 0 Å². The molecular formula is C20H33N3O2. The zero-order chi connectivity index (χ0) is 18.1. The topological polar surface area (TPSA) is 54.9 Å². The van der Waals surface area contributed by atoms with Crippen LogP contribution in [-0.4, -0.2) is 39.9 Å². The zero-order valence-corrected chi connectivity index (χ0v) is 16.2. The third kappa shape index (κ3) is 5.63. The van der Waals surface area contributed by atoms with Crippen molar-refractivity contribution in [1.82, 2.24) is 10.6 Å². The Hall–Kier alpha value is -1.75. The van der Waals surface area contributed by atoms with Crippen LogP contribution in [-0.2, 0) is 11.3 Å². The SMILES string of the molecule is CCNC(=NCc1ccc(C)c(OC)c1)NCC1(CCOC)CCC1. The summed E-state index contributed by atoms with van der Waals surface area (Å²) in [6, 6.07) is 6.25.